The highest BCUT2D eigenvalue weighted by Gasteiger charge is 2.31. The molecule has 0 unspecified atom stereocenters. The third-order valence-corrected chi connectivity index (χ3v) is 4.30. The molecule has 0 spiro atoms. The lowest BCUT2D eigenvalue weighted by molar-refractivity contribution is -0.274. The molecule has 0 aromatic heterocycles. The van der Waals surface area contributed by atoms with Gasteiger partial charge in [-0.2, -0.15) is 0 Å². The van der Waals surface area contributed by atoms with E-state index < -0.39 is 6.36 Å². The van der Waals surface area contributed by atoms with Gasteiger partial charge in [0.05, 0.1) is 5.70 Å². The maximum Gasteiger partial charge on any atom is 0.573 e. The van der Waals surface area contributed by atoms with Crippen molar-refractivity contribution in [1.29, 1.82) is 0 Å². The summed E-state index contributed by atoms with van der Waals surface area (Å²) in [5.41, 5.74) is 4.24. The lowest BCUT2D eigenvalue weighted by Crippen LogP contribution is -2.16. The third kappa shape index (κ3) is 3.76. The first-order chi connectivity index (χ1) is 13.4. The van der Waals surface area contributed by atoms with Crippen molar-refractivity contribution in [3.63, 3.8) is 0 Å². The number of benzene rings is 3. The number of allylic oxidation sites excluding steroid dienone is 1. The van der Waals surface area contributed by atoms with Gasteiger partial charge >= 0.3 is 6.36 Å². The summed E-state index contributed by atoms with van der Waals surface area (Å²) in [5, 5.41) is 3.11. The minimum atomic E-state index is -4.72. The number of alkyl halides is 3. The number of carbonyl (C=O) groups excluding carboxylic acids is 1. The van der Waals surface area contributed by atoms with Crippen molar-refractivity contribution >= 4 is 17.5 Å². The van der Waals surface area contributed by atoms with Gasteiger partial charge in [0.15, 0.2) is 0 Å². The molecule has 0 amide bonds. The van der Waals surface area contributed by atoms with Crippen LogP contribution in [0.25, 0.3) is 17.2 Å². The Bertz CT molecular complexity index is 1070. The standard InChI is InChI=1S/C22H14F3NO2/c23-22(24,25)28-17-10-8-15(9-11-17)16-5-3-4-14(12-16)13-20-21(27)18-6-1-2-7-19(18)26-20/h1-13,26H/b20-13-. The molecule has 0 atom stereocenters. The van der Waals surface area contributed by atoms with E-state index in [1.54, 1.807) is 24.3 Å². The highest BCUT2D eigenvalue weighted by atomic mass is 19.4. The Morgan fingerprint density at radius 2 is 1.61 bits per heavy atom. The number of nitrogens with one attached hydrogen (secondary N) is 1. The van der Waals surface area contributed by atoms with Crippen LogP contribution in [0.1, 0.15) is 15.9 Å². The van der Waals surface area contributed by atoms with E-state index in [1.165, 1.54) is 12.1 Å². The number of para-hydroxylation sites is 1. The molecule has 1 heterocycles. The average Bonchev–Trinajstić information content (AvgIpc) is 2.97. The summed E-state index contributed by atoms with van der Waals surface area (Å²) in [6.07, 6.45) is -2.96. The molecule has 1 N–H and O–H groups in total. The number of ether oxygens (including phenoxy) is 1. The minimum Gasteiger partial charge on any atom is -0.406 e. The fourth-order valence-electron chi connectivity index (χ4n) is 3.06. The molecule has 6 heteroatoms. The number of hydrogen-bond donors (Lipinski definition) is 1. The van der Waals surface area contributed by atoms with Crippen molar-refractivity contribution in [3.05, 3.63) is 89.6 Å². The molecule has 3 aromatic rings. The van der Waals surface area contributed by atoms with Gasteiger partial charge in [0, 0.05) is 11.3 Å². The van der Waals surface area contributed by atoms with E-state index in [4.69, 9.17) is 0 Å². The van der Waals surface area contributed by atoms with E-state index in [0.717, 1.165) is 22.4 Å². The van der Waals surface area contributed by atoms with E-state index in [1.807, 2.05) is 42.5 Å². The van der Waals surface area contributed by atoms with E-state index in [-0.39, 0.29) is 11.5 Å². The van der Waals surface area contributed by atoms with E-state index in [9.17, 15) is 18.0 Å². The number of carbonyl (C=O) groups is 1. The molecule has 1 aliphatic rings. The largest absolute Gasteiger partial charge is 0.573 e. The SMILES string of the molecule is O=C1/C(=C/c2cccc(-c3ccc(OC(F)(F)F)cc3)c2)Nc2ccccc21. The Labute approximate surface area is 159 Å². The summed E-state index contributed by atoms with van der Waals surface area (Å²) in [6.45, 7) is 0. The molecule has 3 aromatic carbocycles. The van der Waals surface area contributed by atoms with Crippen LogP contribution < -0.4 is 10.1 Å². The average molecular weight is 381 g/mol. The first kappa shape index (κ1) is 17.9. The van der Waals surface area contributed by atoms with Crippen molar-refractivity contribution in [1.82, 2.24) is 0 Å². The maximum atomic E-state index is 12.5. The number of hydrogen-bond acceptors (Lipinski definition) is 3. The first-order valence-electron chi connectivity index (χ1n) is 8.48. The van der Waals surface area contributed by atoms with Crippen LogP contribution in [0, 0.1) is 0 Å². The molecule has 0 aliphatic carbocycles. The van der Waals surface area contributed by atoms with Crippen LogP contribution in [0.2, 0.25) is 0 Å². The van der Waals surface area contributed by atoms with Crippen molar-refractivity contribution < 1.29 is 22.7 Å². The summed E-state index contributed by atoms with van der Waals surface area (Å²) in [5.74, 6) is -0.345. The Morgan fingerprint density at radius 3 is 2.32 bits per heavy atom. The molecule has 3 nitrogen and oxygen atoms in total. The fourth-order valence-corrected chi connectivity index (χ4v) is 3.06. The molecule has 0 radical (unpaired) electrons. The number of ketones is 1. The molecule has 0 fully saturated rings. The van der Waals surface area contributed by atoms with E-state index >= 15 is 0 Å². The zero-order valence-corrected chi connectivity index (χ0v) is 14.5. The first-order valence-corrected chi connectivity index (χ1v) is 8.48. The zero-order chi connectivity index (χ0) is 19.7. The van der Waals surface area contributed by atoms with Gasteiger partial charge in [-0.15, -0.1) is 13.2 Å². The van der Waals surface area contributed by atoms with Gasteiger partial charge in [0.25, 0.3) is 0 Å². The molecule has 0 saturated heterocycles. The second-order valence-electron chi connectivity index (χ2n) is 6.26. The van der Waals surface area contributed by atoms with Gasteiger partial charge < -0.3 is 10.1 Å². The monoisotopic (exact) mass is 381 g/mol. The number of Topliss-reactive ketones (excluding diaryl/α,β-unsaturated/α-hetero) is 1. The quantitative estimate of drug-likeness (QED) is 0.574. The molecule has 0 saturated carbocycles. The second-order valence-corrected chi connectivity index (χ2v) is 6.26. The van der Waals surface area contributed by atoms with Crippen LogP contribution >= 0.6 is 0 Å². The predicted molar refractivity (Wildman–Crippen MR) is 101 cm³/mol. The van der Waals surface area contributed by atoms with Crippen molar-refractivity contribution in [2.75, 3.05) is 5.32 Å². The summed E-state index contributed by atoms with van der Waals surface area (Å²) < 4.78 is 40.7. The number of halogens is 3. The summed E-state index contributed by atoms with van der Waals surface area (Å²) in [7, 11) is 0. The molecule has 0 bridgehead atoms. The van der Waals surface area contributed by atoms with Crippen molar-refractivity contribution in [2.24, 2.45) is 0 Å². The van der Waals surface area contributed by atoms with Gasteiger partial charge in [-0.1, -0.05) is 42.5 Å². The van der Waals surface area contributed by atoms with Gasteiger partial charge in [-0.05, 0) is 53.1 Å². The molecular weight excluding hydrogens is 367 g/mol. The maximum absolute atomic E-state index is 12.5. The van der Waals surface area contributed by atoms with Crippen LogP contribution in [-0.4, -0.2) is 12.1 Å². The Hall–Kier alpha value is -3.54. The Kier molecular flexibility index (Phi) is 4.39. The zero-order valence-electron chi connectivity index (χ0n) is 14.5. The topological polar surface area (TPSA) is 38.3 Å². The molecular formula is C22H14F3NO2. The van der Waals surface area contributed by atoms with Gasteiger partial charge in [0.1, 0.15) is 5.75 Å². The van der Waals surface area contributed by atoms with E-state index in [2.05, 4.69) is 10.1 Å². The summed E-state index contributed by atoms with van der Waals surface area (Å²) in [4.78, 5) is 12.5. The Morgan fingerprint density at radius 1 is 0.857 bits per heavy atom. The lowest BCUT2D eigenvalue weighted by Gasteiger charge is -2.09. The Balaban J connectivity index is 1.58. The molecule has 140 valence electrons. The molecule has 4 rings (SSSR count). The number of fused-ring (bicyclic) bond motifs is 1. The second kappa shape index (κ2) is 6.88. The fraction of sp³-hybridized carbons (Fsp3) is 0.0455. The van der Waals surface area contributed by atoms with Crippen LogP contribution in [0.5, 0.6) is 5.75 Å². The van der Waals surface area contributed by atoms with Crippen LogP contribution in [0.15, 0.2) is 78.5 Å². The normalized spacial score (nSPS) is 14.7. The van der Waals surface area contributed by atoms with Gasteiger partial charge in [0.2, 0.25) is 5.78 Å². The number of anilines is 1. The molecule has 1 aliphatic heterocycles. The lowest BCUT2D eigenvalue weighted by atomic mass is 10.0. The van der Waals surface area contributed by atoms with E-state index in [0.29, 0.717) is 11.3 Å². The van der Waals surface area contributed by atoms with Crippen LogP contribution in [0.4, 0.5) is 18.9 Å². The van der Waals surface area contributed by atoms with Crippen LogP contribution in [0.3, 0.4) is 0 Å². The summed E-state index contributed by atoms with van der Waals surface area (Å²) in [6, 6.07) is 20.3. The highest BCUT2D eigenvalue weighted by molar-refractivity contribution is 6.20. The van der Waals surface area contributed by atoms with Gasteiger partial charge in [-0.25, -0.2) is 0 Å². The summed E-state index contributed by atoms with van der Waals surface area (Å²) >= 11 is 0. The third-order valence-electron chi connectivity index (χ3n) is 4.30. The number of rotatable bonds is 3. The van der Waals surface area contributed by atoms with Crippen LogP contribution in [-0.2, 0) is 0 Å². The predicted octanol–water partition coefficient (Wildman–Crippen LogP) is 5.90. The van der Waals surface area contributed by atoms with Gasteiger partial charge in [-0.3, -0.25) is 4.79 Å². The highest BCUT2D eigenvalue weighted by Crippen LogP contribution is 2.30. The molecule has 28 heavy (non-hydrogen) atoms. The van der Waals surface area contributed by atoms with Crippen molar-refractivity contribution in [2.45, 2.75) is 6.36 Å². The smallest absolute Gasteiger partial charge is 0.406 e. The van der Waals surface area contributed by atoms with Crippen molar-refractivity contribution in [3.8, 4) is 16.9 Å². The minimum absolute atomic E-state index is 0.0744.